The summed E-state index contributed by atoms with van der Waals surface area (Å²) in [6.45, 7) is 2.06. The Labute approximate surface area is 103 Å². The van der Waals surface area contributed by atoms with E-state index in [-0.39, 0.29) is 17.9 Å². The van der Waals surface area contributed by atoms with Crippen LogP contribution in [-0.2, 0) is 9.53 Å². The van der Waals surface area contributed by atoms with Crippen molar-refractivity contribution in [3.05, 3.63) is 34.1 Å². The number of nitrogens with zero attached hydrogens (tertiary/aromatic N) is 2. The molecule has 0 N–H and O–H groups in total. The molecule has 1 rings (SSSR count). The first-order chi connectivity index (χ1) is 8.47. The second kappa shape index (κ2) is 5.95. The Balaban J connectivity index is 3.05. The van der Waals surface area contributed by atoms with Crippen molar-refractivity contribution in [2.24, 2.45) is 0 Å². The van der Waals surface area contributed by atoms with Crippen molar-refractivity contribution in [1.29, 1.82) is 0 Å². The lowest BCUT2D eigenvalue weighted by molar-refractivity contribution is -0.385. The Hall–Kier alpha value is -2.18. The van der Waals surface area contributed by atoms with Crippen LogP contribution in [0.15, 0.2) is 18.2 Å². The van der Waals surface area contributed by atoms with Gasteiger partial charge in [0.2, 0.25) is 0 Å². The van der Waals surface area contributed by atoms with E-state index >= 15 is 0 Å². The van der Waals surface area contributed by atoms with E-state index in [1.807, 2.05) is 0 Å². The fourth-order valence-corrected chi connectivity index (χ4v) is 1.45. The van der Waals surface area contributed by atoms with Gasteiger partial charge in [-0.2, -0.15) is 0 Å². The fraction of sp³-hybridized carbons (Fsp3) is 0.364. The van der Waals surface area contributed by atoms with E-state index < -0.39 is 16.7 Å². The van der Waals surface area contributed by atoms with Gasteiger partial charge in [0.1, 0.15) is 12.4 Å². The number of benzene rings is 1. The first-order valence-electron chi connectivity index (χ1n) is 5.24. The molecule has 0 heterocycles. The molecule has 98 valence electrons. The van der Waals surface area contributed by atoms with Crippen molar-refractivity contribution >= 4 is 17.3 Å². The number of nitro groups is 1. The minimum absolute atomic E-state index is 0.0897. The molecule has 0 spiro atoms. The number of likely N-dealkylation sites (N-methyl/N-ethyl adjacent to an activating group) is 1. The molecule has 0 saturated carbocycles. The SMILES string of the molecule is CCN(CC(=O)OC)c1cc(F)cc([N+](=O)[O-])c1. The molecule has 0 fully saturated rings. The molecule has 0 aliphatic rings. The van der Waals surface area contributed by atoms with E-state index in [0.717, 1.165) is 12.1 Å². The van der Waals surface area contributed by atoms with E-state index in [9.17, 15) is 19.3 Å². The van der Waals surface area contributed by atoms with Crippen LogP contribution >= 0.6 is 0 Å². The van der Waals surface area contributed by atoms with Gasteiger partial charge in [-0.05, 0) is 13.0 Å². The Morgan fingerprint density at radius 3 is 2.67 bits per heavy atom. The van der Waals surface area contributed by atoms with Crippen LogP contribution in [0.3, 0.4) is 0 Å². The highest BCUT2D eigenvalue weighted by atomic mass is 19.1. The van der Waals surface area contributed by atoms with Gasteiger partial charge >= 0.3 is 5.97 Å². The number of carbonyl (C=O) groups is 1. The molecular weight excluding hydrogens is 243 g/mol. The van der Waals surface area contributed by atoms with Gasteiger partial charge in [-0.15, -0.1) is 0 Å². The first kappa shape index (κ1) is 13.9. The lowest BCUT2D eigenvalue weighted by Crippen LogP contribution is -2.30. The predicted molar refractivity (Wildman–Crippen MR) is 63.0 cm³/mol. The second-order valence-electron chi connectivity index (χ2n) is 3.52. The zero-order valence-corrected chi connectivity index (χ0v) is 10.1. The highest BCUT2D eigenvalue weighted by Crippen LogP contribution is 2.23. The molecule has 1 aromatic rings. The zero-order valence-electron chi connectivity index (χ0n) is 10.1. The maximum absolute atomic E-state index is 13.3. The summed E-state index contributed by atoms with van der Waals surface area (Å²) in [5.74, 6) is -1.22. The lowest BCUT2D eigenvalue weighted by Gasteiger charge is -2.21. The van der Waals surface area contributed by atoms with E-state index in [4.69, 9.17) is 0 Å². The topological polar surface area (TPSA) is 72.7 Å². The minimum atomic E-state index is -0.720. The lowest BCUT2D eigenvalue weighted by atomic mass is 10.2. The predicted octanol–water partition coefficient (Wildman–Crippen LogP) is 1.73. The van der Waals surface area contributed by atoms with Crippen molar-refractivity contribution in [2.75, 3.05) is 25.1 Å². The maximum atomic E-state index is 13.3. The van der Waals surface area contributed by atoms with Crippen LogP contribution in [0, 0.1) is 15.9 Å². The van der Waals surface area contributed by atoms with Gasteiger partial charge in [-0.25, -0.2) is 4.39 Å². The molecule has 0 aliphatic heterocycles. The average Bonchev–Trinajstić information content (AvgIpc) is 2.34. The first-order valence-corrected chi connectivity index (χ1v) is 5.24. The molecule has 0 amide bonds. The Kier molecular flexibility index (Phi) is 4.59. The van der Waals surface area contributed by atoms with Crippen LogP contribution in [0.5, 0.6) is 0 Å². The third-order valence-corrected chi connectivity index (χ3v) is 2.37. The second-order valence-corrected chi connectivity index (χ2v) is 3.52. The number of nitro benzene ring substituents is 1. The van der Waals surface area contributed by atoms with Gasteiger partial charge in [0.15, 0.2) is 0 Å². The number of methoxy groups -OCH3 is 1. The molecule has 0 atom stereocenters. The van der Waals surface area contributed by atoms with Crippen molar-refractivity contribution in [2.45, 2.75) is 6.92 Å². The van der Waals surface area contributed by atoms with E-state index in [1.165, 1.54) is 18.1 Å². The molecule has 0 unspecified atom stereocenters. The van der Waals surface area contributed by atoms with Gasteiger partial charge in [-0.3, -0.25) is 14.9 Å². The number of ether oxygens (including phenoxy) is 1. The van der Waals surface area contributed by atoms with Crippen LogP contribution in [0.1, 0.15) is 6.92 Å². The zero-order chi connectivity index (χ0) is 13.7. The summed E-state index contributed by atoms with van der Waals surface area (Å²) in [5, 5.41) is 10.6. The molecule has 6 nitrogen and oxygen atoms in total. The standard InChI is InChI=1S/C11H13FN2O4/c1-3-13(7-11(15)18-2)9-4-8(12)5-10(6-9)14(16)17/h4-6H,3,7H2,1-2H3. The van der Waals surface area contributed by atoms with E-state index in [0.29, 0.717) is 6.54 Å². The summed E-state index contributed by atoms with van der Waals surface area (Å²) in [5.41, 5.74) is -0.0806. The highest BCUT2D eigenvalue weighted by Gasteiger charge is 2.15. The van der Waals surface area contributed by atoms with Gasteiger partial charge < -0.3 is 9.64 Å². The molecule has 0 radical (unpaired) electrons. The maximum Gasteiger partial charge on any atom is 0.325 e. The number of esters is 1. The van der Waals surface area contributed by atoms with Gasteiger partial charge in [-0.1, -0.05) is 0 Å². The van der Waals surface area contributed by atoms with E-state index in [2.05, 4.69) is 4.74 Å². The molecule has 0 aromatic heterocycles. The number of hydrogen-bond acceptors (Lipinski definition) is 5. The van der Waals surface area contributed by atoms with Crippen LogP contribution in [0.4, 0.5) is 15.8 Å². The number of carbonyl (C=O) groups excluding carboxylic acids is 1. The monoisotopic (exact) mass is 256 g/mol. The Bertz CT molecular complexity index is 464. The summed E-state index contributed by atoms with van der Waals surface area (Å²) in [6.07, 6.45) is 0. The smallest absolute Gasteiger partial charge is 0.325 e. The average molecular weight is 256 g/mol. The number of rotatable bonds is 5. The van der Waals surface area contributed by atoms with Crippen LogP contribution in [0.25, 0.3) is 0 Å². The minimum Gasteiger partial charge on any atom is -0.468 e. The Morgan fingerprint density at radius 1 is 1.50 bits per heavy atom. The summed E-state index contributed by atoms with van der Waals surface area (Å²) in [4.78, 5) is 22.6. The summed E-state index contributed by atoms with van der Waals surface area (Å²) in [6, 6.07) is 3.18. The van der Waals surface area contributed by atoms with Crippen LogP contribution in [0.2, 0.25) is 0 Å². The van der Waals surface area contributed by atoms with Crippen molar-refractivity contribution < 1.29 is 18.8 Å². The van der Waals surface area contributed by atoms with Gasteiger partial charge in [0.05, 0.1) is 18.1 Å². The van der Waals surface area contributed by atoms with Crippen molar-refractivity contribution in [3.63, 3.8) is 0 Å². The number of anilines is 1. The number of halogens is 1. The Morgan fingerprint density at radius 2 is 2.17 bits per heavy atom. The van der Waals surface area contributed by atoms with Crippen LogP contribution < -0.4 is 4.90 Å². The van der Waals surface area contributed by atoms with Gasteiger partial charge in [0.25, 0.3) is 5.69 Å². The fourth-order valence-electron chi connectivity index (χ4n) is 1.45. The summed E-state index contributed by atoms with van der Waals surface area (Å²) >= 11 is 0. The third kappa shape index (κ3) is 3.41. The molecule has 18 heavy (non-hydrogen) atoms. The summed E-state index contributed by atoms with van der Waals surface area (Å²) in [7, 11) is 1.24. The molecule has 1 aromatic carbocycles. The van der Waals surface area contributed by atoms with Crippen molar-refractivity contribution in [1.82, 2.24) is 0 Å². The quantitative estimate of drug-likeness (QED) is 0.455. The van der Waals surface area contributed by atoms with E-state index in [1.54, 1.807) is 6.92 Å². The number of hydrogen-bond donors (Lipinski definition) is 0. The molecule has 7 heteroatoms. The highest BCUT2D eigenvalue weighted by molar-refractivity contribution is 5.76. The third-order valence-electron chi connectivity index (χ3n) is 2.37. The molecule has 0 saturated heterocycles. The summed E-state index contributed by atoms with van der Waals surface area (Å²) < 4.78 is 17.8. The van der Waals surface area contributed by atoms with Crippen molar-refractivity contribution in [3.8, 4) is 0 Å². The van der Waals surface area contributed by atoms with Crippen LogP contribution in [-0.4, -0.2) is 31.1 Å². The largest absolute Gasteiger partial charge is 0.468 e. The molecule has 0 aliphatic carbocycles. The molecule has 0 bridgehead atoms. The molecular formula is C11H13FN2O4. The van der Waals surface area contributed by atoms with Gasteiger partial charge in [0, 0.05) is 18.3 Å². The normalized spacial score (nSPS) is 9.94. The number of non-ortho nitro benzene ring substituents is 1.